The normalized spacial score (nSPS) is 11.3. The van der Waals surface area contributed by atoms with Gasteiger partial charge in [-0.25, -0.2) is 4.79 Å². The van der Waals surface area contributed by atoms with Gasteiger partial charge in [-0.3, -0.25) is 9.59 Å². The van der Waals surface area contributed by atoms with Gasteiger partial charge < -0.3 is 26.0 Å². The van der Waals surface area contributed by atoms with Crippen LogP contribution in [0.3, 0.4) is 0 Å². The first-order valence-corrected chi connectivity index (χ1v) is 10.8. The molecule has 8 heteroatoms. The Morgan fingerprint density at radius 3 is 1.76 bits per heavy atom. The van der Waals surface area contributed by atoms with E-state index in [1.54, 1.807) is 67.8 Å². The van der Waals surface area contributed by atoms with E-state index in [0.29, 0.717) is 28.4 Å². The molecular weight excluding hydrogens is 432 g/mol. The minimum Gasteiger partial charge on any atom is -0.497 e. The Kier molecular flexibility index (Phi) is 8.23. The smallest absolute Gasteiger partial charge is 0.323 e. The van der Waals surface area contributed by atoms with Crippen LogP contribution >= 0.6 is 0 Å². The van der Waals surface area contributed by atoms with E-state index in [1.165, 1.54) is 0 Å². The predicted molar refractivity (Wildman–Crippen MR) is 133 cm³/mol. The molecule has 1 atom stereocenters. The highest BCUT2D eigenvalue weighted by molar-refractivity contribution is 6.02. The quantitative estimate of drug-likeness (QED) is 0.390. The van der Waals surface area contributed by atoms with Gasteiger partial charge in [0.25, 0.3) is 5.91 Å². The van der Waals surface area contributed by atoms with Gasteiger partial charge in [0.2, 0.25) is 5.91 Å². The minimum atomic E-state index is -0.732. The average Bonchev–Trinajstić information content (AvgIpc) is 2.84. The van der Waals surface area contributed by atoms with Crippen LogP contribution in [0, 0.1) is 5.92 Å². The zero-order valence-electron chi connectivity index (χ0n) is 19.3. The molecule has 0 bridgehead atoms. The van der Waals surface area contributed by atoms with E-state index in [2.05, 4.69) is 21.3 Å². The second-order valence-corrected chi connectivity index (χ2v) is 7.94. The van der Waals surface area contributed by atoms with Gasteiger partial charge in [-0.15, -0.1) is 0 Å². The van der Waals surface area contributed by atoms with Crippen molar-refractivity contribution in [3.63, 3.8) is 0 Å². The van der Waals surface area contributed by atoms with Crippen LogP contribution in [0.1, 0.15) is 24.2 Å². The number of hydrogen-bond acceptors (Lipinski definition) is 4. The van der Waals surface area contributed by atoms with Crippen molar-refractivity contribution in [1.82, 2.24) is 5.32 Å². The van der Waals surface area contributed by atoms with Crippen molar-refractivity contribution in [1.29, 1.82) is 0 Å². The van der Waals surface area contributed by atoms with Crippen LogP contribution in [0.2, 0.25) is 0 Å². The van der Waals surface area contributed by atoms with Gasteiger partial charge in [0.15, 0.2) is 0 Å². The molecule has 0 saturated heterocycles. The molecule has 3 aromatic carbocycles. The van der Waals surface area contributed by atoms with Gasteiger partial charge >= 0.3 is 6.03 Å². The van der Waals surface area contributed by atoms with Crippen molar-refractivity contribution in [3.05, 3.63) is 84.4 Å². The Labute approximate surface area is 198 Å². The van der Waals surface area contributed by atoms with Crippen LogP contribution in [-0.2, 0) is 4.79 Å². The summed E-state index contributed by atoms with van der Waals surface area (Å²) in [6.07, 6.45) is 0. The Hall–Kier alpha value is -4.33. The third-order valence-corrected chi connectivity index (χ3v) is 5.03. The SMILES string of the molecule is COc1ccc(C(=O)NC(C(=O)Nc2ccc(NC(=O)Nc3ccccc3)cc2)C(C)C)cc1. The number of anilines is 3. The van der Waals surface area contributed by atoms with Crippen LogP contribution in [0.25, 0.3) is 0 Å². The number of nitrogens with one attached hydrogen (secondary N) is 4. The minimum absolute atomic E-state index is 0.134. The van der Waals surface area contributed by atoms with Crippen molar-refractivity contribution in [3.8, 4) is 5.75 Å². The fourth-order valence-corrected chi connectivity index (χ4v) is 3.17. The first-order chi connectivity index (χ1) is 16.4. The van der Waals surface area contributed by atoms with Crippen LogP contribution < -0.4 is 26.0 Å². The van der Waals surface area contributed by atoms with Crippen molar-refractivity contribution in [2.45, 2.75) is 19.9 Å². The van der Waals surface area contributed by atoms with Gasteiger partial charge in [-0.05, 0) is 66.6 Å². The summed E-state index contributed by atoms with van der Waals surface area (Å²) in [5, 5.41) is 11.1. The first-order valence-electron chi connectivity index (χ1n) is 10.8. The zero-order chi connectivity index (χ0) is 24.5. The van der Waals surface area contributed by atoms with Crippen LogP contribution in [0.15, 0.2) is 78.9 Å². The van der Waals surface area contributed by atoms with Gasteiger partial charge in [-0.2, -0.15) is 0 Å². The molecule has 1 unspecified atom stereocenters. The highest BCUT2D eigenvalue weighted by Crippen LogP contribution is 2.16. The molecule has 4 amide bonds. The summed E-state index contributed by atoms with van der Waals surface area (Å²) in [4.78, 5) is 37.6. The monoisotopic (exact) mass is 460 g/mol. The number of para-hydroxylation sites is 1. The molecule has 176 valence electrons. The number of hydrogen-bond donors (Lipinski definition) is 4. The lowest BCUT2D eigenvalue weighted by atomic mass is 10.0. The molecule has 0 radical (unpaired) electrons. The second-order valence-electron chi connectivity index (χ2n) is 7.94. The van der Waals surface area contributed by atoms with Crippen LogP contribution in [0.4, 0.5) is 21.9 Å². The third-order valence-electron chi connectivity index (χ3n) is 5.03. The van der Waals surface area contributed by atoms with Gasteiger partial charge in [0.05, 0.1) is 7.11 Å². The van der Waals surface area contributed by atoms with Gasteiger partial charge in [0, 0.05) is 22.6 Å². The maximum atomic E-state index is 12.9. The molecule has 0 spiro atoms. The molecular formula is C26H28N4O4. The highest BCUT2D eigenvalue weighted by Gasteiger charge is 2.25. The predicted octanol–water partition coefficient (Wildman–Crippen LogP) is 4.73. The summed E-state index contributed by atoms with van der Waals surface area (Å²) in [7, 11) is 1.55. The summed E-state index contributed by atoms with van der Waals surface area (Å²) in [5.74, 6) is -0.171. The molecule has 0 aromatic heterocycles. The standard InChI is InChI=1S/C26H28N4O4/c1-17(2)23(30-24(31)18-9-15-22(34-3)16-10-18)25(32)27-20-11-13-21(14-12-20)29-26(33)28-19-7-5-4-6-8-19/h4-17,23H,1-3H3,(H,27,32)(H,30,31)(H2,28,29,33). The van der Waals surface area contributed by atoms with E-state index < -0.39 is 6.04 Å². The number of carbonyl (C=O) groups excluding carboxylic acids is 3. The molecule has 4 N–H and O–H groups in total. The van der Waals surface area contributed by atoms with Crippen molar-refractivity contribution in [2.75, 3.05) is 23.1 Å². The molecule has 34 heavy (non-hydrogen) atoms. The topological polar surface area (TPSA) is 109 Å². The summed E-state index contributed by atoms with van der Waals surface area (Å²) < 4.78 is 5.11. The highest BCUT2D eigenvalue weighted by atomic mass is 16.5. The molecule has 0 aliphatic rings. The Bertz CT molecular complexity index is 1110. The lowest BCUT2D eigenvalue weighted by molar-refractivity contribution is -0.118. The Balaban J connectivity index is 1.57. The van der Waals surface area contributed by atoms with E-state index in [4.69, 9.17) is 4.74 Å². The number of urea groups is 1. The molecule has 0 saturated carbocycles. The lowest BCUT2D eigenvalue weighted by Crippen LogP contribution is -2.47. The largest absolute Gasteiger partial charge is 0.497 e. The third kappa shape index (κ3) is 6.83. The molecule has 0 fully saturated rings. The Morgan fingerprint density at radius 2 is 1.24 bits per heavy atom. The molecule has 3 aromatic rings. The van der Waals surface area contributed by atoms with E-state index >= 15 is 0 Å². The van der Waals surface area contributed by atoms with Gasteiger partial charge in [-0.1, -0.05) is 32.0 Å². The summed E-state index contributed by atoms with van der Waals surface area (Å²) in [6, 6.07) is 21.4. The summed E-state index contributed by atoms with van der Waals surface area (Å²) in [5.41, 5.74) is 2.23. The molecule has 0 heterocycles. The molecule has 0 aliphatic heterocycles. The second kappa shape index (κ2) is 11.5. The van der Waals surface area contributed by atoms with Crippen LogP contribution in [0.5, 0.6) is 5.75 Å². The number of benzene rings is 3. The number of rotatable bonds is 8. The fourth-order valence-electron chi connectivity index (χ4n) is 3.17. The van der Waals surface area contributed by atoms with E-state index in [0.717, 1.165) is 0 Å². The molecule has 3 rings (SSSR count). The number of ether oxygens (including phenoxy) is 1. The maximum absolute atomic E-state index is 12.9. The van der Waals surface area contributed by atoms with E-state index in [9.17, 15) is 14.4 Å². The van der Waals surface area contributed by atoms with E-state index in [1.807, 2.05) is 32.0 Å². The van der Waals surface area contributed by atoms with Crippen molar-refractivity contribution >= 4 is 34.9 Å². The number of amides is 4. The van der Waals surface area contributed by atoms with Gasteiger partial charge in [0.1, 0.15) is 11.8 Å². The molecule has 8 nitrogen and oxygen atoms in total. The van der Waals surface area contributed by atoms with Crippen molar-refractivity contribution in [2.24, 2.45) is 5.92 Å². The number of methoxy groups -OCH3 is 1. The Morgan fingerprint density at radius 1 is 0.706 bits per heavy atom. The van der Waals surface area contributed by atoms with Crippen molar-refractivity contribution < 1.29 is 19.1 Å². The first kappa shape index (κ1) is 24.3. The maximum Gasteiger partial charge on any atom is 0.323 e. The average molecular weight is 461 g/mol. The molecule has 0 aliphatic carbocycles. The lowest BCUT2D eigenvalue weighted by Gasteiger charge is -2.22. The van der Waals surface area contributed by atoms with E-state index in [-0.39, 0.29) is 23.8 Å². The zero-order valence-corrected chi connectivity index (χ0v) is 19.3. The van der Waals surface area contributed by atoms with Crippen LogP contribution in [-0.4, -0.2) is 31.0 Å². The summed E-state index contributed by atoms with van der Waals surface area (Å²) >= 11 is 0. The summed E-state index contributed by atoms with van der Waals surface area (Å²) in [6.45, 7) is 3.72. The fraction of sp³-hybridized carbons (Fsp3) is 0.192. The number of carbonyl (C=O) groups is 3.